The quantitative estimate of drug-likeness (QED) is 0.795. The Bertz CT molecular complexity index is 471. The summed E-state index contributed by atoms with van der Waals surface area (Å²) in [6, 6.07) is 7.45. The number of anilines is 1. The highest BCUT2D eigenvalue weighted by molar-refractivity contribution is 5.53. The molecule has 0 atom stereocenters. The van der Waals surface area contributed by atoms with Crippen LogP contribution in [0.25, 0.3) is 0 Å². The van der Waals surface area contributed by atoms with Crippen LogP contribution in [0.1, 0.15) is 11.4 Å². The predicted molar refractivity (Wildman–Crippen MR) is 62.0 cm³/mol. The second-order valence-electron chi connectivity index (χ2n) is 3.49. The molecular formula is C12H13N3O. The zero-order valence-electron chi connectivity index (χ0n) is 9.05. The van der Waals surface area contributed by atoms with Gasteiger partial charge in [-0.3, -0.25) is 0 Å². The highest BCUT2D eigenvalue weighted by atomic mass is 16.5. The van der Waals surface area contributed by atoms with Gasteiger partial charge in [0.1, 0.15) is 12.4 Å². The Labute approximate surface area is 94.1 Å². The molecule has 82 valence electrons. The fourth-order valence-corrected chi connectivity index (χ4v) is 1.35. The number of hydrogen-bond acceptors (Lipinski definition) is 4. The van der Waals surface area contributed by atoms with Crippen LogP contribution in [0.5, 0.6) is 5.75 Å². The van der Waals surface area contributed by atoms with E-state index in [1.807, 2.05) is 25.1 Å². The molecule has 0 saturated heterocycles. The summed E-state index contributed by atoms with van der Waals surface area (Å²) in [6.45, 7) is 2.31. The monoisotopic (exact) mass is 215 g/mol. The maximum atomic E-state index is 5.82. The van der Waals surface area contributed by atoms with E-state index in [4.69, 9.17) is 10.5 Å². The molecule has 0 unspecified atom stereocenters. The minimum Gasteiger partial charge on any atom is -0.483 e. The molecule has 0 aliphatic rings. The zero-order chi connectivity index (χ0) is 11.4. The van der Waals surface area contributed by atoms with Gasteiger partial charge < -0.3 is 10.5 Å². The molecule has 4 heteroatoms. The average molecular weight is 215 g/mol. The van der Waals surface area contributed by atoms with Gasteiger partial charge in [-0.25, -0.2) is 9.97 Å². The van der Waals surface area contributed by atoms with Gasteiger partial charge in [-0.15, -0.1) is 0 Å². The van der Waals surface area contributed by atoms with Crippen LogP contribution in [0.3, 0.4) is 0 Å². The van der Waals surface area contributed by atoms with Gasteiger partial charge in [0, 0.05) is 12.4 Å². The largest absolute Gasteiger partial charge is 0.483 e. The summed E-state index contributed by atoms with van der Waals surface area (Å²) < 4.78 is 5.53. The van der Waals surface area contributed by atoms with Gasteiger partial charge in [-0.2, -0.15) is 0 Å². The van der Waals surface area contributed by atoms with Crippen molar-refractivity contribution in [3.8, 4) is 5.75 Å². The van der Waals surface area contributed by atoms with Crippen molar-refractivity contribution in [1.82, 2.24) is 9.97 Å². The molecular weight excluding hydrogens is 202 g/mol. The van der Waals surface area contributed by atoms with E-state index in [-0.39, 0.29) is 0 Å². The lowest BCUT2D eigenvalue weighted by molar-refractivity contribution is 0.297. The number of ether oxygens (including phenoxy) is 1. The summed E-state index contributed by atoms with van der Waals surface area (Å²) in [4.78, 5) is 8.13. The molecule has 2 aromatic rings. The molecule has 2 N–H and O–H groups in total. The van der Waals surface area contributed by atoms with E-state index in [0.29, 0.717) is 23.9 Å². The highest BCUT2D eigenvalue weighted by Gasteiger charge is 2.01. The summed E-state index contributed by atoms with van der Waals surface area (Å²) >= 11 is 0. The number of nitrogen functional groups attached to an aromatic ring is 1. The Hall–Kier alpha value is -2.10. The second-order valence-corrected chi connectivity index (χ2v) is 3.49. The Balaban J connectivity index is 2.05. The summed E-state index contributed by atoms with van der Waals surface area (Å²) in [5, 5.41) is 0. The van der Waals surface area contributed by atoms with Crippen LogP contribution in [0, 0.1) is 6.92 Å². The van der Waals surface area contributed by atoms with E-state index >= 15 is 0 Å². The molecule has 0 aliphatic carbocycles. The maximum Gasteiger partial charge on any atom is 0.166 e. The van der Waals surface area contributed by atoms with Crippen LogP contribution in [-0.4, -0.2) is 9.97 Å². The molecule has 2 rings (SSSR count). The van der Waals surface area contributed by atoms with Crippen molar-refractivity contribution in [2.24, 2.45) is 0 Å². The first kappa shape index (κ1) is 10.4. The molecule has 0 bridgehead atoms. The van der Waals surface area contributed by atoms with Gasteiger partial charge in [0.15, 0.2) is 5.82 Å². The van der Waals surface area contributed by atoms with E-state index in [1.165, 1.54) is 0 Å². The molecule has 1 aromatic heterocycles. The second kappa shape index (κ2) is 4.61. The SMILES string of the molecule is Cc1ccc(OCc2ncccn2)c(N)c1. The van der Waals surface area contributed by atoms with E-state index in [9.17, 15) is 0 Å². The lowest BCUT2D eigenvalue weighted by Gasteiger charge is -2.08. The predicted octanol–water partition coefficient (Wildman–Crippen LogP) is 1.95. The van der Waals surface area contributed by atoms with Crippen LogP contribution in [0.15, 0.2) is 36.7 Å². The fraction of sp³-hybridized carbons (Fsp3) is 0.167. The topological polar surface area (TPSA) is 61.0 Å². The number of aryl methyl sites for hydroxylation is 1. The Morgan fingerprint density at radius 1 is 1.25 bits per heavy atom. The van der Waals surface area contributed by atoms with E-state index in [1.54, 1.807) is 18.5 Å². The average Bonchev–Trinajstić information content (AvgIpc) is 2.29. The van der Waals surface area contributed by atoms with Gasteiger partial charge in [0.05, 0.1) is 5.69 Å². The molecule has 1 aromatic carbocycles. The lowest BCUT2D eigenvalue weighted by Crippen LogP contribution is -2.02. The van der Waals surface area contributed by atoms with E-state index in [2.05, 4.69) is 9.97 Å². The number of aromatic nitrogens is 2. The van der Waals surface area contributed by atoms with Gasteiger partial charge >= 0.3 is 0 Å². The van der Waals surface area contributed by atoms with Crippen molar-refractivity contribution in [1.29, 1.82) is 0 Å². The normalized spacial score (nSPS) is 10.1. The number of benzene rings is 1. The van der Waals surface area contributed by atoms with Crippen molar-refractivity contribution >= 4 is 5.69 Å². The third-order valence-electron chi connectivity index (χ3n) is 2.14. The molecule has 0 amide bonds. The first-order chi connectivity index (χ1) is 7.75. The number of hydrogen-bond donors (Lipinski definition) is 1. The Kier molecular flexibility index (Phi) is 3.00. The van der Waals surface area contributed by atoms with Crippen LogP contribution >= 0.6 is 0 Å². The van der Waals surface area contributed by atoms with Crippen LogP contribution in [0.2, 0.25) is 0 Å². The van der Waals surface area contributed by atoms with Crippen molar-refractivity contribution in [3.05, 3.63) is 48.0 Å². The molecule has 0 fully saturated rings. The van der Waals surface area contributed by atoms with Gasteiger partial charge in [-0.05, 0) is 30.7 Å². The molecule has 0 aliphatic heterocycles. The van der Waals surface area contributed by atoms with Crippen LogP contribution in [-0.2, 0) is 6.61 Å². The highest BCUT2D eigenvalue weighted by Crippen LogP contribution is 2.22. The molecule has 0 radical (unpaired) electrons. The molecule has 0 saturated carbocycles. The summed E-state index contributed by atoms with van der Waals surface area (Å²) in [5.41, 5.74) is 7.57. The summed E-state index contributed by atoms with van der Waals surface area (Å²) in [5.74, 6) is 1.31. The molecule has 4 nitrogen and oxygen atoms in total. The third kappa shape index (κ3) is 2.48. The number of rotatable bonds is 3. The van der Waals surface area contributed by atoms with E-state index < -0.39 is 0 Å². The zero-order valence-corrected chi connectivity index (χ0v) is 9.05. The van der Waals surface area contributed by atoms with Crippen molar-refractivity contribution in [2.75, 3.05) is 5.73 Å². The van der Waals surface area contributed by atoms with Gasteiger partial charge in [0.2, 0.25) is 0 Å². The van der Waals surface area contributed by atoms with Crippen molar-refractivity contribution in [3.63, 3.8) is 0 Å². The van der Waals surface area contributed by atoms with E-state index in [0.717, 1.165) is 5.56 Å². The Morgan fingerprint density at radius 2 is 2.00 bits per heavy atom. The smallest absolute Gasteiger partial charge is 0.166 e. The van der Waals surface area contributed by atoms with Crippen molar-refractivity contribution < 1.29 is 4.74 Å². The summed E-state index contributed by atoms with van der Waals surface area (Å²) in [7, 11) is 0. The first-order valence-electron chi connectivity index (χ1n) is 5.00. The Morgan fingerprint density at radius 3 is 2.69 bits per heavy atom. The molecule has 16 heavy (non-hydrogen) atoms. The third-order valence-corrected chi connectivity index (χ3v) is 2.14. The van der Waals surface area contributed by atoms with Gasteiger partial charge in [0.25, 0.3) is 0 Å². The van der Waals surface area contributed by atoms with Crippen LogP contribution in [0.4, 0.5) is 5.69 Å². The first-order valence-corrected chi connectivity index (χ1v) is 5.00. The van der Waals surface area contributed by atoms with Crippen LogP contribution < -0.4 is 10.5 Å². The number of nitrogens with zero attached hydrogens (tertiary/aromatic N) is 2. The summed E-state index contributed by atoms with van der Waals surface area (Å²) in [6.07, 6.45) is 3.37. The molecule has 1 heterocycles. The standard InChI is InChI=1S/C12H13N3O/c1-9-3-4-11(10(13)7-9)16-8-12-14-5-2-6-15-12/h2-7H,8,13H2,1H3. The minimum atomic E-state index is 0.327. The molecule has 0 spiro atoms. The lowest BCUT2D eigenvalue weighted by atomic mass is 10.2. The fourth-order valence-electron chi connectivity index (χ4n) is 1.35. The minimum absolute atomic E-state index is 0.327. The van der Waals surface area contributed by atoms with Crippen molar-refractivity contribution in [2.45, 2.75) is 13.5 Å². The van der Waals surface area contributed by atoms with Gasteiger partial charge in [-0.1, -0.05) is 6.07 Å². The number of nitrogens with two attached hydrogens (primary N) is 1. The maximum absolute atomic E-state index is 5.82.